The third kappa shape index (κ3) is 4.66. The van der Waals surface area contributed by atoms with Crippen molar-refractivity contribution in [3.8, 4) is 5.75 Å². The number of unbranched alkanes of at least 4 members (excludes halogenated alkanes) is 1. The normalized spacial score (nSPS) is 13.0. The second-order valence-corrected chi connectivity index (χ2v) is 6.41. The Kier molecular flexibility index (Phi) is 5.42. The highest BCUT2D eigenvalue weighted by Crippen LogP contribution is 2.26. The predicted molar refractivity (Wildman–Crippen MR) is 92.1 cm³/mol. The summed E-state index contributed by atoms with van der Waals surface area (Å²) in [6, 6.07) is 16.1. The lowest BCUT2D eigenvalue weighted by Gasteiger charge is -2.18. The van der Waals surface area contributed by atoms with Gasteiger partial charge in [0.1, 0.15) is 12.4 Å². The Morgan fingerprint density at radius 2 is 2.00 bits per heavy atom. The van der Waals surface area contributed by atoms with Crippen molar-refractivity contribution in [2.24, 2.45) is 0 Å². The minimum atomic E-state index is -0.401. The van der Waals surface area contributed by atoms with E-state index >= 15 is 0 Å². The highest BCUT2D eigenvalue weighted by Gasteiger charge is 2.15. The van der Waals surface area contributed by atoms with E-state index in [1.54, 1.807) is 0 Å². The molecule has 0 spiro atoms. The van der Waals surface area contributed by atoms with Gasteiger partial charge in [-0.15, -0.1) is 11.8 Å². The van der Waals surface area contributed by atoms with E-state index < -0.39 is 6.09 Å². The van der Waals surface area contributed by atoms with Gasteiger partial charge in [0, 0.05) is 10.5 Å². The SMILES string of the molecule is O=C1Nc2ccc(OCCCCSc3ccccc3)cc2CO1. The molecule has 5 heteroatoms. The summed E-state index contributed by atoms with van der Waals surface area (Å²) in [4.78, 5) is 12.4. The van der Waals surface area contributed by atoms with E-state index in [4.69, 9.17) is 9.47 Å². The highest BCUT2D eigenvalue weighted by atomic mass is 32.2. The molecule has 1 aliphatic rings. The minimum absolute atomic E-state index is 0.298. The molecule has 1 amide bonds. The van der Waals surface area contributed by atoms with E-state index in [0.29, 0.717) is 13.2 Å². The lowest BCUT2D eigenvalue weighted by molar-refractivity contribution is 0.151. The number of hydrogen-bond donors (Lipinski definition) is 1. The first-order chi connectivity index (χ1) is 11.3. The van der Waals surface area contributed by atoms with Gasteiger partial charge >= 0.3 is 6.09 Å². The second-order valence-electron chi connectivity index (χ2n) is 5.24. The summed E-state index contributed by atoms with van der Waals surface area (Å²) in [6.07, 6.45) is 1.73. The molecule has 0 fully saturated rings. The number of anilines is 1. The summed E-state index contributed by atoms with van der Waals surface area (Å²) in [5.41, 5.74) is 1.74. The number of benzene rings is 2. The van der Waals surface area contributed by atoms with Gasteiger partial charge in [-0.1, -0.05) is 18.2 Å². The van der Waals surface area contributed by atoms with Crippen LogP contribution in [0.25, 0.3) is 0 Å². The number of carbonyl (C=O) groups is 1. The first-order valence-electron chi connectivity index (χ1n) is 7.68. The van der Waals surface area contributed by atoms with E-state index in [0.717, 1.165) is 35.6 Å². The van der Waals surface area contributed by atoms with Crippen LogP contribution in [0.4, 0.5) is 10.5 Å². The molecule has 0 radical (unpaired) electrons. The van der Waals surface area contributed by atoms with Gasteiger partial charge in [-0.2, -0.15) is 0 Å². The van der Waals surface area contributed by atoms with E-state index in [9.17, 15) is 4.79 Å². The van der Waals surface area contributed by atoms with Gasteiger partial charge in [-0.05, 0) is 48.9 Å². The van der Waals surface area contributed by atoms with E-state index in [1.165, 1.54) is 4.90 Å². The topological polar surface area (TPSA) is 47.6 Å². The number of carbonyl (C=O) groups excluding carboxylic acids is 1. The molecule has 23 heavy (non-hydrogen) atoms. The molecule has 0 atom stereocenters. The molecule has 4 nitrogen and oxygen atoms in total. The summed E-state index contributed by atoms with van der Waals surface area (Å²) < 4.78 is 10.7. The Morgan fingerprint density at radius 1 is 1.13 bits per heavy atom. The first-order valence-corrected chi connectivity index (χ1v) is 8.67. The molecule has 1 N–H and O–H groups in total. The average Bonchev–Trinajstić information content (AvgIpc) is 2.59. The number of thioether (sulfide) groups is 1. The van der Waals surface area contributed by atoms with Crippen molar-refractivity contribution in [2.75, 3.05) is 17.7 Å². The zero-order valence-electron chi connectivity index (χ0n) is 12.8. The quantitative estimate of drug-likeness (QED) is 0.591. The number of amides is 1. The second kappa shape index (κ2) is 7.92. The average molecular weight is 329 g/mol. The molecular formula is C18H19NO3S. The fourth-order valence-electron chi connectivity index (χ4n) is 2.29. The maximum Gasteiger partial charge on any atom is 0.411 e. The number of nitrogens with one attached hydrogen (secondary N) is 1. The fraction of sp³-hybridized carbons (Fsp3) is 0.278. The molecule has 2 aromatic rings. The maximum atomic E-state index is 11.1. The van der Waals surface area contributed by atoms with Crippen molar-refractivity contribution in [1.29, 1.82) is 0 Å². The molecule has 0 saturated heterocycles. The third-order valence-electron chi connectivity index (χ3n) is 3.49. The molecular weight excluding hydrogens is 310 g/mol. The molecule has 0 aromatic heterocycles. The summed E-state index contributed by atoms with van der Waals surface area (Å²) in [7, 11) is 0. The van der Waals surface area contributed by atoms with E-state index in [-0.39, 0.29) is 0 Å². The first kappa shape index (κ1) is 15.7. The van der Waals surface area contributed by atoms with Gasteiger partial charge < -0.3 is 9.47 Å². The van der Waals surface area contributed by atoms with Crippen LogP contribution in [0.1, 0.15) is 18.4 Å². The van der Waals surface area contributed by atoms with Gasteiger partial charge in [-0.3, -0.25) is 5.32 Å². The Balaban J connectivity index is 1.37. The van der Waals surface area contributed by atoms with E-state index in [2.05, 4.69) is 29.6 Å². The summed E-state index contributed by atoms with van der Waals surface area (Å²) in [5.74, 6) is 1.91. The summed E-state index contributed by atoms with van der Waals surface area (Å²) in [6.45, 7) is 0.993. The molecule has 0 saturated carbocycles. The Bertz CT molecular complexity index is 661. The molecule has 0 bridgehead atoms. The lowest BCUT2D eigenvalue weighted by atomic mass is 10.1. The van der Waals surface area contributed by atoms with Gasteiger partial charge in [0.05, 0.1) is 12.3 Å². The van der Waals surface area contributed by atoms with Crippen molar-refractivity contribution < 1.29 is 14.3 Å². The van der Waals surface area contributed by atoms with E-state index in [1.807, 2.05) is 36.0 Å². The standard InChI is InChI=1S/C18H19NO3S/c20-18-19-17-9-8-15(12-14(17)13-22-18)21-10-4-5-11-23-16-6-2-1-3-7-16/h1-3,6-9,12H,4-5,10-11,13H2,(H,19,20). The largest absolute Gasteiger partial charge is 0.494 e. The van der Waals surface area contributed by atoms with Crippen LogP contribution in [0.15, 0.2) is 53.4 Å². The Hall–Kier alpha value is -2.14. The van der Waals surface area contributed by atoms with Crippen LogP contribution in [0.3, 0.4) is 0 Å². The Morgan fingerprint density at radius 3 is 2.87 bits per heavy atom. The fourth-order valence-corrected chi connectivity index (χ4v) is 3.23. The number of hydrogen-bond acceptors (Lipinski definition) is 4. The smallest absolute Gasteiger partial charge is 0.411 e. The molecule has 0 aliphatic carbocycles. The zero-order chi connectivity index (χ0) is 15.9. The zero-order valence-corrected chi connectivity index (χ0v) is 13.6. The highest BCUT2D eigenvalue weighted by molar-refractivity contribution is 7.99. The molecule has 1 aliphatic heterocycles. The van der Waals surface area contributed by atoms with Crippen LogP contribution in [-0.4, -0.2) is 18.5 Å². The third-order valence-corrected chi connectivity index (χ3v) is 4.59. The van der Waals surface area contributed by atoms with Crippen LogP contribution < -0.4 is 10.1 Å². The lowest BCUT2D eigenvalue weighted by Crippen LogP contribution is -2.20. The maximum absolute atomic E-state index is 11.1. The molecule has 120 valence electrons. The molecule has 3 rings (SSSR count). The van der Waals surface area contributed by atoms with Crippen molar-refractivity contribution >= 4 is 23.5 Å². The summed E-state index contributed by atoms with van der Waals surface area (Å²) in [5, 5.41) is 2.67. The number of rotatable bonds is 7. The summed E-state index contributed by atoms with van der Waals surface area (Å²) >= 11 is 1.87. The van der Waals surface area contributed by atoms with Crippen LogP contribution in [0, 0.1) is 0 Å². The van der Waals surface area contributed by atoms with Crippen LogP contribution in [0.5, 0.6) is 5.75 Å². The van der Waals surface area contributed by atoms with Crippen molar-refractivity contribution in [3.05, 3.63) is 54.1 Å². The number of cyclic esters (lactones) is 1. The molecule has 0 unspecified atom stereocenters. The molecule has 1 heterocycles. The molecule has 2 aromatic carbocycles. The van der Waals surface area contributed by atoms with Crippen LogP contribution >= 0.6 is 11.8 Å². The van der Waals surface area contributed by atoms with Gasteiger partial charge in [0.2, 0.25) is 0 Å². The Labute approximate surface area is 140 Å². The van der Waals surface area contributed by atoms with Crippen molar-refractivity contribution in [3.63, 3.8) is 0 Å². The van der Waals surface area contributed by atoms with Crippen molar-refractivity contribution in [1.82, 2.24) is 0 Å². The number of fused-ring (bicyclic) bond motifs is 1. The number of ether oxygens (including phenoxy) is 2. The van der Waals surface area contributed by atoms with Gasteiger partial charge in [-0.25, -0.2) is 4.79 Å². The minimum Gasteiger partial charge on any atom is -0.494 e. The van der Waals surface area contributed by atoms with Gasteiger partial charge in [0.15, 0.2) is 0 Å². The van der Waals surface area contributed by atoms with Crippen LogP contribution in [-0.2, 0) is 11.3 Å². The predicted octanol–water partition coefficient (Wildman–Crippen LogP) is 4.70. The van der Waals surface area contributed by atoms with Crippen LogP contribution in [0.2, 0.25) is 0 Å². The monoisotopic (exact) mass is 329 g/mol. The van der Waals surface area contributed by atoms with Crippen molar-refractivity contribution in [2.45, 2.75) is 24.3 Å². The van der Waals surface area contributed by atoms with Gasteiger partial charge in [0.25, 0.3) is 0 Å².